The second kappa shape index (κ2) is 9.73. The molecule has 0 spiro atoms. The molecule has 0 aliphatic heterocycles. The van der Waals surface area contributed by atoms with E-state index in [2.05, 4.69) is 15.8 Å². The maximum Gasteiger partial charge on any atom is 0.339 e. The van der Waals surface area contributed by atoms with E-state index in [1.807, 2.05) is 0 Å². The van der Waals surface area contributed by atoms with Crippen LogP contribution in [0.15, 0.2) is 64.1 Å². The topological polar surface area (TPSA) is 110 Å². The van der Waals surface area contributed by atoms with Gasteiger partial charge in [0, 0.05) is 23.7 Å². The van der Waals surface area contributed by atoms with Gasteiger partial charge in [-0.1, -0.05) is 17.7 Å². The van der Waals surface area contributed by atoms with Gasteiger partial charge in [-0.05, 0) is 48.5 Å². The number of carbonyl (C=O) groups excluding carboxylic acids is 3. The number of rotatable bonds is 6. The number of hydrazone groups is 1. The van der Waals surface area contributed by atoms with E-state index in [1.165, 1.54) is 26.3 Å². The maximum absolute atomic E-state index is 12.2. The van der Waals surface area contributed by atoms with Crippen molar-refractivity contribution in [2.45, 2.75) is 6.92 Å². The van der Waals surface area contributed by atoms with Crippen molar-refractivity contribution >= 4 is 41.3 Å². The van der Waals surface area contributed by atoms with Crippen LogP contribution in [0, 0.1) is 0 Å². The molecule has 0 fully saturated rings. The molecule has 2 aromatic carbocycles. The molecular weight excluding hydrogens is 422 g/mol. The van der Waals surface area contributed by atoms with Gasteiger partial charge in [-0.3, -0.25) is 9.59 Å². The summed E-state index contributed by atoms with van der Waals surface area (Å²) in [7, 11) is 1.27. The Labute approximate surface area is 182 Å². The van der Waals surface area contributed by atoms with Crippen molar-refractivity contribution in [1.82, 2.24) is 5.43 Å². The van der Waals surface area contributed by atoms with Gasteiger partial charge in [-0.15, -0.1) is 0 Å². The van der Waals surface area contributed by atoms with Crippen LogP contribution in [0.4, 0.5) is 5.69 Å². The Bertz CT molecular complexity index is 1170. The molecule has 0 saturated carbocycles. The minimum Gasteiger partial charge on any atom is -0.465 e. The second-order valence-electron chi connectivity index (χ2n) is 6.35. The zero-order valence-corrected chi connectivity index (χ0v) is 17.4. The van der Waals surface area contributed by atoms with Gasteiger partial charge in [0.05, 0.1) is 23.9 Å². The van der Waals surface area contributed by atoms with Crippen LogP contribution in [0.2, 0.25) is 5.02 Å². The van der Waals surface area contributed by atoms with Gasteiger partial charge in [-0.25, -0.2) is 10.2 Å². The predicted molar refractivity (Wildman–Crippen MR) is 116 cm³/mol. The Morgan fingerprint density at radius 2 is 1.90 bits per heavy atom. The molecule has 2 amide bonds. The van der Waals surface area contributed by atoms with Crippen LogP contribution in [0.5, 0.6) is 0 Å². The third kappa shape index (κ3) is 5.58. The zero-order chi connectivity index (χ0) is 22.4. The summed E-state index contributed by atoms with van der Waals surface area (Å²) in [6, 6.07) is 14.7. The standard InChI is InChI=1S/C22H18ClN3O5/c1-13(27)25-16-5-3-4-15(10-16)21(28)26-24-12-17-7-9-20(31-17)14-6-8-19(23)18(11-14)22(29)30-2/h3-12H,1-2H3,(H,25,27)(H,26,28)/b24-12-. The van der Waals surface area contributed by atoms with Crippen LogP contribution in [-0.2, 0) is 9.53 Å². The molecule has 0 unspecified atom stereocenters. The summed E-state index contributed by atoms with van der Waals surface area (Å²) in [5, 5.41) is 6.77. The van der Waals surface area contributed by atoms with Crippen molar-refractivity contribution in [2.75, 3.05) is 12.4 Å². The van der Waals surface area contributed by atoms with Gasteiger partial charge in [-0.2, -0.15) is 5.10 Å². The molecule has 0 aliphatic carbocycles. The van der Waals surface area contributed by atoms with Crippen molar-refractivity contribution < 1.29 is 23.5 Å². The number of anilines is 1. The summed E-state index contributed by atoms with van der Waals surface area (Å²) in [4.78, 5) is 35.2. The van der Waals surface area contributed by atoms with Crippen molar-refractivity contribution in [1.29, 1.82) is 0 Å². The number of carbonyl (C=O) groups is 3. The molecule has 0 bridgehead atoms. The van der Waals surface area contributed by atoms with Gasteiger partial charge in [0.2, 0.25) is 5.91 Å². The number of halogens is 1. The van der Waals surface area contributed by atoms with Gasteiger partial charge >= 0.3 is 5.97 Å². The smallest absolute Gasteiger partial charge is 0.339 e. The monoisotopic (exact) mass is 439 g/mol. The minimum atomic E-state index is -0.550. The number of ether oxygens (including phenoxy) is 1. The highest BCUT2D eigenvalue weighted by atomic mass is 35.5. The van der Waals surface area contributed by atoms with Gasteiger partial charge < -0.3 is 14.5 Å². The summed E-state index contributed by atoms with van der Waals surface area (Å²) in [6.07, 6.45) is 1.34. The fourth-order valence-corrected chi connectivity index (χ4v) is 2.88. The van der Waals surface area contributed by atoms with Crippen LogP contribution in [0.1, 0.15) is 33.4 Å². The summed E-state index contributed by atoms with van der Waals surface area (Å²) in [5.74, 6) is -0.362. The molecule has 0 aliphatic rings. The van der Waals surface area contributed by atoms with Gasteiger partial charge in [0.1, 0.15) is 11.5 Å². The molecule has 3 rings (SSSR count). The fourth-order valence-electron chi connectivity index (χ4n) is 2.68. The van der Waals surface area contributed by atoms with Crippen LogP contribution in [0.25, 0.3) is 11.3 Å². The normalized spacial score (nSPS) is 10.7. The number of furan rings is 1. The Morgan fingerprint density at radius 3 is 2.65 bits per heavy atom. The highest BCUT2D eigenvalue weighted by Gasteiger charge is 2.14. The lowest BCUT2D eigenvalue weighted by molar-refractivity contribution is -0.114. The van der Waals surface area contributed by atoms with E-state index in [0.29, 0.717) is 28.3 Å². The number of benzene rings is 2. The molecule has 31 heavy (non-hydrogen) atoms. The van der Waals surface area contributed by atoms with E-state index in [1.54, 1.807) is 48.5 Å². The first-order valence-corrected chi connectivity index (χ1v) is 9.44. The molecule has 1 aromatic heterocycles. The fraction of sp³-hybridized carbons (Fsp3) is 0.0909. The van der Waals surface area contributed by atoms with Crippen LogP contribution in [0.3, 0.4) is 0 Å². The zero-order valence-electron chi connectivity index (χ0n) is 16.6. The van der Waals surface area contributed by atoms with E-state index in [9.17, 15) is 14.4 Å². The molecule has 2 N–H and O–H groups in total. The molecule has 1 heterocycles. The van der Waals surface area contributed by atoms with Gasteiger partial charge in [0.25, 0.3) is 5.91 Å². The number of esters is 1. The molecule has 8 nitrogen and oxygen atoms in total. The molecule has 158 valence electrons. The average Bonchev–Trinajstić information content (AvgIpc) is 3.22. The molecule has 3 aromatic rings. The number of hydrogen-bond acceptors (Lipinski definition) is 6. The summed E-state index contributed by atoms with van der Waals surface area (Å²) >= 11 is 6.03. The molecule has 9 heteroatoms. The van der Waals surface area contributed by atoms with Crippen molar-refractivity contribution in [3.05, 3.63) is 76.5 Å². The van der Waals surface area contributed by atoms with E-state index < -0.39 is 11.9 Å². The maximum atomic E-state index is 12.2. The quantitative estimate of drug-likeness (QED) is 0.341. The Kier molecular flexibility index (Phi) is 6.84. The summed E-state index contributed by atoms with van der Waals surface area (Å²) in [5.41, 5.74) is 4.09. The lowest BCUT2D eigenvalue weighted by atomic mass is 10.1. The average molecular weight is 440 g/mol. The number of amides is 2. The van der Waals surface area contributed by atoms with Crippen LogP contribution < -0.4 is 10.7 Å². The first-order chi connectivity index (χ1) is 14.9. The van der Waals surface area contributed by atoms with Crippen LogP contribution in [-0.4, -0.2) is 31.1 Å². The number of nitrogens with zero attached hydrogens (tertiary/aromatic N) is 1. The van der Waals surface area contributed by atoms with Crippen LogP contribution >= 0.6 is 11.6 Å². The SMILES string of the molecule is COC(=O)c1cc(-c2ccc(/C=N\NC(=O)c3cccc(NC(C)=O)c3)o2)ccc1Cl. The number of methoxy groups -OCH3 is 1. The van der Waals surface area contributed by atoms with E-state index >= 15 is 0 Å². The second-order valence-corrected chi connectivity index (χ2v) is 6.76. The largest absolute Gasteiger partial charge is 0.465 e. The molecule has 0 saturated heterocycles. The first-order valence-electron chi connectivity index (χ1n) is 9.06. The van der Waals surface area contributed by atoms with Gasteiger partial charge in [0.15, 0.2) is 0 Å². The van der Waals surface area contributed by atoms with Crippen molar-refractivity contribution in [3.8, 4) is 11.3 Å². The number of hydrogen-bond donors (Lipinski definition) is 2. The summed E-state index contributed by atoms with van der Waals surface area (Å²) in [6.45, 7) is 1.38. The van der Waals surface area contributed by atoms with E-state index in [-0.39, 0.29) is 16.5 Å². The lowest BCUT2D eigenvalue weighted by Gasteiger charge is -2.04. The molecule has 0 atom stereocenters. The molecular formula is C22H18ClN3O5. The lowest BCUT2D eigenvalue weighted by Crippen LogP contribution is -2.18. The third-order valence-electron chi connectivity index (χ3n) is 4.09. The highest BCUT2D eigenvalue weighted by molar-refractivity contribution is 6.33. The van der Waals surface area contributed by atoms with E-state index in [0.717, 1.165) is 0 Å². The highest BCUT2D eigenvalue weighted by Crippen LogP contribution is 2.27. The number of nitrogens with one attached hydrogen (secondary N) is 2. The van der Waals surface area contributed by atoms with Crippen molar-refractivity contribution in [3.63, 3.8) is 0 Å². The predicted octanol–water partition coefficient (Wildman–Crippen LogP) is 4.11. The Balaban J connectivity index is 1.68. The Morgan fingerprint density at radius 1 is 1.10 bits per heavy atom. The summed E-state index contributed by atoms with van der Waals surface area (Å²) < 4.78 is 10.4. The van der Waals surface area contributed by atoms with E-state index in [4.69, 9.17) is 20.8 Å². The third-order valence-corrected chi connectivity index (χ3v) is 4.42. The Hall–Kier alpha value is -3.91. The first kappa shape index (κ1) is 21.8. The van der Waals surface area contributed by atoms with Crippen molar-refractivity contribution in [2.24, 2.45) is 5.10 Å². The minimum absolute atomic E-state index is 0.224. The molecule has 0 radical (unpaired) electrons.